The van der Waals surface area contributed by atoms with E-state index in [-0.39, 0.29) is 11.6 Å². The Kier molecular flexibility index (Phi) is 3.82. The van der Waals surface area contributed by atoms with E-state index in [1.807, 2.05) is 0 Å². The average Bonchev–Trinajstić information content (AvgIpc) is 2.90. The smallest absolute Gasteiger partial charge is 0.433 e. The van der Waals surface area contributed by atoms with E-state index in [0.29, 0.717) is 0 Å². The molecule has 1 aliphatic rings. The number of aromatic nitrogens is 2. The number of carboxylic acids is 1. The Labute approximate surface area is 111 Å². The first-order valence-corrected chi connectivity index (χ1v) is 5.76. The molecule has 1 N–H and O–H groups in total. The van der Waals surface area contributed by atoms with E-state index in [9.17, 15) is 18.0 Å². The molecule has 0 saturated heterocycles. The summed E-state index contributed by atoms with van der Waals surface area (Å²) in [5, 5.41) is 11.9. The van der Waals surface area contributed by atoms with Gasteiger partial charge in [0.25, 0.3) is 0 Å². The third-order valence-electron chi connectivity index (χ3n) is 2.62. The van der Waals surface area contributed by atoms with Crippen LogP contribution in [0.5, 0.6) is 0 Å². The lowest BCUT2D eigenvalue weighted by Gasteiger charge is -2.08. The van der Waals surface area contributed by atoms with Gasteiger partial charge in [0, 0.05) is 6.20 Å². The summed E-state index contributed by atoms with van der Waals surface area (Å²) < 4.78 is 42.2. The zero-order valence-electron chi connectivity index (χ0n) is 10.2. The number of nitrogens with zero attached hydrogens (tertiary/aromatic N) is 2. The van der Waals surface area contributed by atoms with Crippen molar-refractivity contribution in [3.05, 3.63) is 42.1 Å². The Morgan fingerprint density at radius 2 is 2.10 bits per heavy atom. The van der Waals surface area contributed by atoms with Crippen LogP contribution in [-0.2, 0) is 6.18 Å². The van der Waals surface area contributed by atoms with Crippen molar-refractivity contribution >= 4 is 5.97 Å². The number of furan rings is 1. The van der Waals surface area contributed by atoms with Crippen molar-refractivity contribution in [2.24, 2.45) is 0 Å². The van der Waals surface area contributed by atoms with Crippen molar-refractivity contribution in [1.29, 1.82) is 0 Å². The molecule has 20 heavy (non-hydrogen) atoms. The molecule has 2 aromatic heterocycles. The lowest BCUT2D eigenvalue weighted by atomic mass is 10.4. The fourth-order valence-electron chi connectivity index (χ4n) is 1.53. The molecule has 5 nitrogen and oxygen atoms in total. The third kappa shape index (κ3) is 3.40. The second-order valence-corrected chi connectivity index (χ2v) is 4.21. The van der Waals surface area contributed by atoms with Gasteiger partial charge < -0.3 is 9.52 Å². The molecule has 8 heteroatoms. The predicted octanol–water partition coefficient (Wildman–Crippen LogP) is 3.21. The molecule has 0 spiro atoms. The molecule has 0 aliphatic heterocycles. The zero-order chi connectivity index (χ0) is 14.8. The number of carboxylic acid groups (broad SMARTS) is 1. The van der Waals surface area contributed by atoms with Gasteiger partial charge in [-0.15, -0.1) is 0 Å². The maximum Gasteiger partial charge on any atom is 0.433 e. The SMILES string of the molecule is FC(F)(F)c1ccnn1C1CC1.O=C(O)c1ccoc1. The van der Waals surface area contributed by atoms with Crippen LogP contribution in [0.4, 0.5) is 13.2 Å². The summed E-state index contributed by atoms with van der Waals surface area (Å²) in [4.78, 5) is 10.0. The predicted molar refractivity (Wildman–Crippen MR) is 61.2 cm³/mol. The number of carbonyl (C=O) groups is 1. The highest BCUT2D eigenvalue weighted by atomic mass is 19.4. The lowest BCUT2D eigenvalue weighted by molar-refractivity contribution is -0.144. The molecule has 1 fully saturated rings. The topological polar surface area (TPSA) is 68.3 Å². The molecule has 108 valence electrons. The summed E-state index contributed by atoms with van der Waals surface area (Å²) in [6, 6.07) is 2.39. The minimum Gasteiger partial charge on any atom is -0.478 e. The van der Waals surface area contributed by atoms with E-state index in [0.717, 1.165) is 23.6 Å². The fourth-order valence-corrected chi connectivity index (χ4v) is 1.53. The molecule has 0 aromatic carbocycles. The van der Waals surface area contributed by atoms with Crippen LogP contribution < -0.4 is 0 Å². The number of alkyl halides is 3. The van der Waals surface area contributed by atoms with Crippen LogP contribution in [-0.4, -0.2) is 20.9 Å². The molecule has 1 saturated carbocycles. The van der Waals surface area contributed by atoms with Crippen LogP contribution in [0.15, 0.2) is 35.3 Å². The van der Waals surface area contributed by atoms with E-state index in [2.05, 4.69) is 9.52 Å². The molecule has 3 rings (SSSR count). The first-order valence-electron chi connectivity index (χ1n) is 5.76. The quantitative estimate of drug-likeness (QED) is 0.921. The number of halogens is 3. The minimum atomic E-state index is -4.26. The van der Waals surface area contributed by atoms with Crippen LogP contribution >= 0.6 is 0 Å². The highest BCUT2D eigenvalue weighted by Crippen LogP contribution is 2.39. The largest absolute Gasteiger partial charge is 0.478 e. The van der Waals surface area contributed by atoms with E-state index in [1.54, 1.807) is 0 Å². The third-order valence-corrected chi connectivity index (χ3v) is 2.62. The first-order chi connectivity index (χ1) is 9.39. The normalized spacial score (nSPS) is 14.6. The zero-order valence-corrected chi connectivity index (χ0v) is 10.2. The molecular formula is C12H11F3N2O3. The van der Waals surface area contributed by atoms with Crippen molar-refractivity contribution in [2.45, 2.75) is 25.1 Å². The Balaban J connectivity index is 0.000000160. The maximum absolute atomic E-state index is 12.2. The molecule has 0 radical (unpaired) electrons. The van der Waals surface area contributed by atoms with Crippen molar-refractivity contribution in [1.82, 2.24) is 9.78 Å². The Morgan fingerprint density at radius 1 is 1.40 bits per heavy atom. The van der Waals surface area contributed by atoms with Gasteiger partial charge in [-0.05, 0) is 25.0 Å². The molecule has 1 aliphatic carbocycles. The van der Waals surface area contributed by atoms with E-state index in [1.165, 1.54) is 24.8 Å². The van der Waals surface area contributed by atoms with Crippen LogP contribution in [0.1, 0.15) is 34.9 Å². The standard InChI is InChI=1S/C7H7F3N2.C5H4O3/c8-7(9,10)6-3-4-11-12(6)5-1-2-5;6-5(7)4-1-2-8-3-4/h3-5H,1-2H2;1-3H,(H,6,7). The summed E-state index contributed by atoms with van der Waals surface area (Å²) in [6.07, 6.45) is 1.06. The fraction of sp³-hybridized carbons (Fsp3) is 0.333. The second-order valence-electron chi connectivity index (χ2n) is 4.21. The number of aromatic carboxylic acids is 1. The number of hydrogen-bond donors (Lipinski definition) is 1. The van der Waals surface area contributed by atoms with E-state index in [4.69, 9.17) is 5.11 Å². The second kappa shape index (κ2) is 5.40. The summed E-state index contributed by atoms with van der Waals surface area (Å²) in [5.41, 5.74) is -0.449. The minimum absolute atomic E-state index is 0.0170. The van der Waals surface area contributed by atoms with Gasteiger partial charge in [-0.25, -0.2) is 4.79 Å². The van der Waals surface area contributed by atoms with Gasteiger partial charge >= 0.3 is 12.1 Å². The van der Waals surface area contributed by atoms with Crippen molar-refractivity contribution in [2.75, 3.05) is 0 Å². The highest BCUT2D eigenvalue weighted by Gasteiger charge is 2.38. The number of hydrogen-bond acceptors (Lipinski definition) is 3. The Hall–Kier alpha value is -2.25. The van der Waals surface area contributed by atoms with Gasteiger partial charge in [-0.2, -0.15) is 18.3 Å². The molecule has 2 aromatic rings. The summed E-state index contributed by atoms with van der Waals surface area (Å²) in [7, 11) is 0. The van der Waals surface area contributed by atoms with Crippen LogP contribution in [0.2, 0.25) is 0 Å². The molecule has 2 heterocycles. The molecule has 0 bridgehead atoms. The van der Waals surface area contributed by atoms with Gasteiger partial charge in [-0.3, -0.25) is 4.68 Å². The van der Waals surface area contributed by atoms with Crippen molar-refractivity contribution < 1.29 is 27.5 Å². The summed E-state index contributed by atoms with van der Waals surface area (Å²) >= 11 is 0. The highest BCUT2D eigenvalue weighted by molar-refractivity contribution is 5.86. The molecule has 0 amide bonds. The van der Waals surface area contributed by atoms with E-state index >= 15 is 0 Å². The monoisotopic (exact) mass is 288 g/mol. The van der Waals surface area contributed by atoms with Gasteiger partial charge in [0.1, 0.15) is 12.0 Å². The average molecular weight is 288 g/mol. The lowest BCUT2D eigenvalue weighted by Crippen LogP contribution is -2.13. The molecular weight excluding hydrogens is 277 g/mol. The first kappa shape index (κ1) is 14.2. The van der Waals surface area contributed by atoms with Crippen LogP contribution in [0.25, 0.3) is 0 Å². The number of rotatable bonds is 2. The van der Waals surface area contributed by atoms with Crippen LogP contribution in [0, 0.1) is 0 Å². The van der Waals surface area contributed by atoms with E-state index < -0.39 is 17.8 Å². The summed E-state index contributed by atoms with van der Waals surface area (Å²) in [5.74, 6) is -0.959. The van der Waals surface area contributed by atoms with Gasteiger partial charge in [0.2, 0.25) is 0 Å². The summed E-state index contributed by atoms with van der Waals surface area (Å²) in [6.45, 7) is 0. The van der Waals surface area contributed by atoms with Gasteiger partial charge in [-0.1, -0.05) is 0 Å². The van der Waals surface area contributed by atoms with Gasteiger partial charge in [0.05, 0.1) is 17.9 Å². The van der Waals surface area contributed by atoms with Crippen molar-refractivity contribution in [3.8, 4) is 0 Å². The molecule has 0 unspecified atom stereocenters. The Bertz CT molecular complexity index is 571. The maximum atomic E-state index is 12.2. The van der Waals surface area contributed by atoms with Crippen LogP contribution in [0.3, 0.4) is 0 Å². The van der Waals surface area contributed by atoms with Gasteiger partial charge in [0.15, 0.2) is 0 Å². The molecule has 0 atom stereocenters. The Morgan fingerprint density at radius 3 is 2.50 bits per heavy atom. The van der Waals surface area contributed by atoms with Crippen molar-refractivity contribution in [3.63, 3.8) is 0 Å².